The van der Waals surface area contributed by atoms with Gasteiger partial charge in [-0.25, -0.2) is 8.42 Å². The van der Waals surface area contributed by atoms with E-state index in [1.165, 1.54) is 24.3 Å². The van der Waals surface area contributed by atoms with Crippen molar-refractivity contribution in [2.75, 3.05) is 0 Å². The van der Waals surface area contributed by atoms with Crippen LogP contribution in [0.2, 0.25) is 0 Å². The van der Waals surface area contributed by atoms with E-state index in [1.807, 2.05) is 27.7 Å². The maximum atomic E-state index is 13.4. The maximum Gasteiger partial charge on any atom is 0.207 e. The van der Waals surface area contributed by atoms with Crippen molar-refractivity contribution in [2.24, 2.45) is 0 Å². The molecule has 5 heteroatoms. The fraction of sp³-hybridized carbons (Fsp3) is 0.400. The highest BCUT2D eigenvalue weighted by molar-refractivity contribution is 7.91. The molecule has 2 aromatic rings. The van der Waals surface area contributed by atoms with E-state index >= 15 is 0 Å². The van der Waals surface area contributed by atoms with E-state index in [9.17, 15) is 18.6 Å². The first-order valence-electron chi connectivity index (χ1n) is 8.75. The first-order valence-corrected chi connectivity index (χ1v) is 10.2. The summed E-state index contributed by atoms with van der Waals surface area (Å²) >= 11 is 0. The zero-order valence-electron chi connectivity index (χ0n) is 15.3. The van der Waals surface area contributed by atoms with Gasteiger partial charge in [-0.05, 0) is 72.2 Å². The van der Waals surface area contributed by atoms with Gasteiger partial charge in [0.1, 0.15) is 11.5 Å². The molecule has 4 nitrogen and oxygen atoms in total. The standard InChI is InChI=1S/C20H26O4S/c1-5-13-15(7-3)19(11-9-17(13)21)25(23,24)20-12-10-18(22)14(6-2)16(20)8-4/h9-12,21-22H,5-8H2,1-4H3. The molecule has 25 heavy (non-hydrogen) atoms. The summed E-state index contributed by atoms with van der Waals surface area (Å²) < 4.78 is 26.8. The Morgan fingerprint density at radius 2 is 0.960 bits per heavy atom. The van der Waals surface area contributed by atoms with Crippen LogP contribution in [0, 0.1) is 0 Å². The van der Waals surface area contributed by atoms with Gasteiger partial charge in [-0.2, -0.15) is 0 Å². The summed E-state index contributed by atoms with van der Waals surface area (Å²) in [4.78, 5) is 0.485. The summed E-state index contributed by atoms with van der Waals surface area (Å²) in [6.07, 6.45) is 2.17. The normalized spacial score (nSPS) is 11.7. The first kappa shape index (κ1) is 19.3. The maximum absolute atomic E-state index is 13.4. The lowest BCUT2D eigenvalue weighted by molar-refractivity contribution is 0.466. The van der Waals surface area contributed by atoms with Crippen LogP contribution >= 0.6 is 0 Å². The zero-order chi connectivity index (χ0) is 18.8. The molecular formula is C20H26O4S. The van der Waals surface area contributed by atoms with Crippen molar-refractivity contribution in [3.8, 4) is 11.5 Å². The third kappa shape index (κ3) is 3.25. The average Bonchev–Trinajstić information content (AvgIpc) is 2.60. The van der Waals surface area contributed by atoms with Crippen LogP contribution in [0.15, 0.2) is 34.1 Å². The lowest BCUT2D eigenvalue weighted by Crippen LogP contribution is -2.11. The molecule has 2 aromatic carbocycles. The molecule has 0 heterocycles. The van der Waals surface area contributed by atoms with Gasteiger partial charge < -0.3 is 10.2 Å². The zero-order valence-corrected chi connectivity index (χ0v) is 16.1. The second-order valence-electron chi connectivity index (χ2n) is 6.00. The summed E-state index contributed by atoms with van der Waals surface area (Å²) in [5.41, 5.74) is 2.68. The van der Waals surface area contributed by atoms with Gasteiger partial charge in [0.25, 0.3) is 0 Å². The predicted octanol–water partition coefficient (Wildman–Crippen LogP) is 4.18. The summed E-state index contributed by atoms with van der Waals surface area (Å²) in [7, 11) is -3.75. The summed E-state index contributed by atoms with van der Waals surface area (Å²) in [5.74, 6) is 0.267. The van der Waals surface area contributed by atoms with E-state index in [2.05, 4.69) is 0 Å². The smallest absolute Gasteiger partial charge is 0.207 e. The molecule has 0 saturated carbocycles. The Morgan fingerprint density at radius 3 is 1.24 bits per heavy atom. The molecule has 0 bridgehead atoms. The van der Waals surface area contributed by atoms with Crippen LogP contribution in [0.25, 0.3) is 0 Å². The van der Waals surface area contributed by atoms with Crippen molar-refractivity contribution in [2.45, 2.75) is 63.2 Å². The largest absolute Gasteiger partial charge is 0.508 e. The molecule has 0 unspecified atom stereocenters. The Hall–Kier alpha value is -2.01. The molecule has 0 atom stereocenters. The van der Waals surface area contributed by atoms with Crippen LogP contribution < -0.4 is 0 Å². The average molecular weight is 362 g/mol. The van der Waals surface area contributed by atoms with E-state index in [0.29, 0.717) is 47.9 Å². The molecule has 0 amide bonds. The Bertz CT molecular complexity index is 816. The molecule has 2 rings (SSSR count). The molecule has 0 aliphatic heterocycles. The monoisotopic (exact) mass is 362 g/mol. The van der Waals surface area contributed by atoms with Crippen LogP contribution in [-0.2, 0) is 35.5 Å². The van der Waals surface area contributed by atoms with E-state index in [1.54, 1.807) is 0 Å². The van der Waals surface area contributed by atoms with Crippen LogP contribution in [0.1, 0.15) is 49.9 Å². The Labute approximate surface area is 150 Å². The van der Waals surface area contributed by atoms with Gasteiger partial charge >= 0.3 is 0 Å². The van der Waals surface area contributed by atoms with Crippen molar-refractivity contribution in [1.29, 1.82) is 0 Å². The van der Waals surface area contributed by atoms with E-state index in [-0.39, 0.29) is 21.3 Å². The van der Waals surface area contributed by atoms with Gasteiger partial charge in [-0.15, -0.1) is 0 Å². The number of sulfone groups is 1. The van der Waals surface area contributed by atoms with Crippen molar-refractivity contribution in [1.82, 2.24) is 0 Å². The minimum atomic E-state index is -3.75. The number of benzene rings is 2. The quantitative estimate of drug-likeness (QED) is 0.808. The van der Waals surface area contributed by atoms with Gasteiger partial charge in [-0.1, -0.05) is 27.7 Å². The van der Waals surface area contributed by atoms with E-state index in [4.69, 9.17) is 0 Å². The Balaban J connectivity index is 2.82. The molecule has 0 fully saturated rings. The van der Waals surface area contributed by atoms with Crippen LogP contribution in [0.4, 0.5) is 0 Å². The van der Waals surface area contributed by atoms with Crippen molar-refractivity contribution in [3.05, 3.63) is 46.5 Å². The molecule has 0 radical (unpaired) electrons. The van der Waals surface area contributed by atoms with Crippen molar-refractivity contribution in [3.63, 3.8) is 0 Å². The number of hydrogen-bond donors (Lipinski definition) is 2. The Morgan fingerprint density at radius 1 is 0.640 bits per heavy atom. The third-order valence-electron chi connectivity index (χ3n) is 4.72. The summed E-state index contributed by atoms with van der Waals surface area (Å²) in [6, 6.07) is 5.89. The highest BCUT2D eigenvalue weighted by Crippen LogP contribution is 2.36. The van der Waals surface area contributed by atoms with Gasteiger partial charge in [-0.3, -0.25) is 0 Å². The number of phenols is 2. The highest BCUT2D eigenvalue weighted by atomic mass is 32.2. The van der Waals surface area contributed by atoms with E-state index < -0.39 is 9.84 Å². The van der Waals surface area contributed by atoms with Crippen LogP contribution in [0.3, 0.4) is 0 Å². The minimum absolute atomic E-state index is 0.133. The summed E-state index contributed by atoms with van der Waals surface area (Å²) in [6.45, 7) is 7.58. The van der Waals surface area contributed by atoms with Crippen molar-refractivity contribution >= 4 is 9.84 Å². The number of rotatable bonds is 6. The molecular weight excluding hydrogens is 336 g/mol. The molecule has 0 aromatic heterocycles. The summed E-state index contributed by atoms with van der Waals surface area (Å²) in [5, 5.41) is 20.1. The topological polar surface area (TPSA) is 74.6 Å². The molecule has 136 valence electrons. The fourth-order valence-corrected chi connectivity index (χ4v) is 5.42. The van der Waals surface area contributed by atoms with Gasteiger partial charge in [0.15, 0.2) is 0 Å². The van der Waals surface area contributed by atoms with Gasteiger partial charge in [0.05, 0.1) is 9.79 Å². The molecule has 0 aliphatic rings. The second kappa shape index (κ2) is 7.48. The van der Waals surface area contributed by atoms with Crippen LogP contribution in [0.5, 0.6) is 11.5 Å². The molecule has 0 aliphatic carbocycles. The number of phenolic OH excluding ortho intramolecular Hbond substituents is 2. The van der Waals surface area contributed by atoms with Gasteiger partial charge in [0.2, 0.25) is 9.84 Å². The fourth-order valence-electron chi connectivity index (χ4n) is 3.50. The molecule has 0 spiro atoms. The second-order valence-corrected chi connectivity index (χ2v) is 7.88. The van der Waals surface area contributed by atoms with Crippen molar-refractivity contribution < 1.29 is 18.6 Å². The number of aromatic hydroxyl groups is 2. The lowest BCUT2D eigenvalue weighted by Gasteiger charge is -2.18. The molecule has 0 saturated heterocycles. The predicted molar refractivity (Wildman–Crippen MR) is 99.2 cm³/mol. The van der Waals surface area contributed by atoms with E-state index in [0.717, 1.165) is 0 Å². The van der Waals surface area contributed by atoms with Gasteiger partial charge in [0, 0.05) is 0 Å². The SMILES string of the molecule is CCc1c(O)ccc(S(=O)(=O)c2ccc(O)c(CC)c2CC)c1CC. The lowest BCUT2D eigenvalue weighted by atomic mass is 10.0. The van der Waals surface area contributed by atoms with Crippen LogP contribution in [-0.4, -0.2) is 18.6 Å². The third-order valence-corrected chi connectivity index (χ3v) is 6.64. The Kier molecular flexibility index (Phi) is 5.78. The minimum Gasteiger partial charge on any atom is -0.508 e. The number of hydrogen-bond acceptors (Lipinski definition) is 4. The molecule has 2 N–H and O–H groups in total. The highest BCUT2D eigenvalue weighted by Gasteiger charge is 2.27. The first-order chi connectivity index (χ1) is 11.8.